The Morgan fingerprint density at radius 3 is 2.46 bits per heavy atom. The van der Waals surface area contributed by atoms with E-state index in [1.165, 1.54) is 20.4 Å². The number of amides is 2. The van der Waals surface area contributed by atoms with Gasteiger partial charge in [0.2, 0.25) is 0 Å². The molecule has 3 aromatic rings. The molecular formula is C19H19N5O4. The van der Waals surface area contributed by atoms with Crippen molar-refractivity contribution in [3.8, 4) is 11.5 Å². The first-order chi connectivity index (χ1) is 13.6. The molecule has 1 aromatic carbocycles. The summed E-state index contributed by atoms with van der Waals surface area (Å²) >= 11 is 0. The molecule has 2 aromatic heterocycles. The van der Waals surface area contributed by atoms with Gasteiger partial charge in [-0.15, -0.1) is 0 Å². The molecule has 0 saturated heterocycles. The number of hydrogen-bond acceptors (Lipinski definition) is 6. The third-order valence-electron chi connectivity index (χ3n) is 3.84. The molecule has 0 aliphatic carbocycles. The molecule has 0 aliphatic rings. The largest absolute Gasteiger partial charge is 0.493 e. The molecule has 0 radical (unpaired) electrons. The summed E-state index contributed by atoms with van der Waals surface area (Å²) in [5.41, 5.74) is 1.18. The van der Waals surface area contributed by atoms with Crippen LogP contribution < -0.4 is 20.1 Å². The minimum Gasteiger partial charge on any atom is -0.493 e. The summed E-state index contributed by atoms with van der Waals surface area (Å²) in [7, 11) is 3.00. The molecule has 0 atom stereocenters. The summed E-state index contributed by atoms with van der Waals surface area (Å²) in [4.78, 5) is 28.7. The second kappa shape index (κ2) is 8.67. The van der Waals surface area contributed by atoms with Gasteiger partial charge in [0.25, 0.3) is 0 Å². The Hall–Kier alpha value is -3.88. The van der Waals surface area contributed by atoms with Crippen LogP contribution in [-0.4, -0.2) is 40.8 Å². The molecule has 2 amide bonds. The molecule has 0 spiro atoms. The van der Waals surface area contributed by atoms with E-state index in [4.69, 9.17) is 9.47 Å². The van der Waals surface area contributed by atoms with Crippen LogP contribution in [0.5, 0.6) is 11.5 Å². The van der Waals surface area contributed by atoms with Gasteiger partial charge in [-0.2, -0.15) is 5.10 Å². The summed E-state index contributed by atoms with van der Waals surface area (Å²) in [5, 5.41) is 9.22. The van der Waals surface area contributed by atoms with Crippen LogP contribution in [0.4, 0.5) is 11.5 Å². The van der Waals surface area contributed by atoms with E-state index in [-0.39, 0.29) is 0 Å². The van der Waals surface area contributed by atoms with Crippen LogP contribution in [0.2, 0.25) is 0 Å². The molecule has 3 rings (SSSR count). The maximum atomic E-state index is 12.3. The van der Waals surface area contributed by atoms with Crippen LogP contribution in [0.25, 0.3) is 0 Å². The van der Waals surface area contributed by atoms with Gasteiger partial charge in [-0.25, -0.2) is 4.68 Å². The van der Waals surface area contributed by atoms with Crippen molar-refractivity contribution in [2.24, 2.45) is 0 Å². The molecule has 0 saturated carbocycles. The van der Waals surface area contributed by atoms with Gasteiger partial charge in [0.1, 0.15) is 5.82 Å². The van der Waals surface area contributed by atoms with Crippen LogP contribution in [-0.2, 0) is 16.1 Å². The molecule has 28 heavy (non-hydrogen) atoms. The van der Waals surface area contributed by atoms with Gasteiger partial charge in [0.15, 0.2) is 11.5 Å². The lowest BCUT2D eigenvalue weighted by molar-refractivity contribution is -0.133. The fourth-order valence-electron chi connectivity index (χ4n) is 2.48. The molecule has 9 heteroatoms. The Morgan fingerprint density at radius 2 is 1.75 bits per heavy atom. The Kier molecular flexibility index (Phi) is 5.85. The highest BCUT2D eigenvalue weighted by Crippen LogP contribution is 2.29. The molecule has 9 nitrogen and oxygen atoms in total. The quantitative estimate of drug-likeness (QED) is 0.632. The highest BCUT2D eigenvalue weighted by molar-refractivity contribution is 6.43. The van der Waals surface area contributed by atoms with E-state index in [9.17, 15) is 9.59 Å². The Balaban J connectivity index is 1.65. The predicted molar refractivity (Wildman–Crippen MR) is 102 cm³/mol. The Labute approximate surface area is 161 Å². The van der Waals surface area contributed by atoms with Crippen LogP contribution in [0.3, 0.4) is 0 Å². The molecule has 0 unspecified atom stereocenters. The molecule has 2 N–H and O–H groups in total. The minimum atomic E-state index is -0.822. The van der Waals surface area contributed by atoms with E-state index in [0.29, 0.717) is 29.5 Å². The number of hydrogen-bond donors (Lipinski definition) is 2. The average molecular weight is 381 g/mol. The summed E-state index contributed by atoms with van der Waals surface area (Å²) in [6, 6.07) is 11.9. The Bertz CT molecular complexity index is 971. The third-order valence-corrected chi connectivity index (χ3v) is 3.84. The number of nitrogens with zero attached hydrogens (tertiary/aromatic N) is 3. The fraction of sp³-hybridized carbons (Fsp3) is 0.158. The van der Waals surface area contributed by atoms with Gasteiger partial charge in [-0.1, -0.05) is 6.07 Å². The lowest BCUT2D eigenvalue weighted by atomic mass is 10.2. The van der Waals surface area contributed by atoms with Crippen molar-refractivity contribution in [1.29, 1.82) is 0 Å². The SMILES string of the molecule is COc1ccc(NC(=O)C(=O)Nc2ccnn2Cc2ccccn2)cc1OC. The van der Waals surface area contributed by atoms with Gasteiger partial charge in [0, 0.05) is 24.0 Å². The van der Waals surface area contributed by atoms with Crippen molar-refractivity contribution >= 4 is 23.3 Å². The summed E-state index contributed by atoms with van der Waals surface area (Å²) in [6.45, 7) is 0.362. The summed E-state index contributed by atoms with van der Waals surface area (Å²) < 4.78 is 11.9. The van der Waals surface area contributed by atoms with E-state index in [2.05, 4.69) is 20.7 Å². The number of carbonyl (C=O) groups is 2. The van der Waals surface area contributed by atoms with Gasteiger partial charge in [-0.3, -0.25) is 14.6 Å². The number of methoxy groups -OCH3 is 2. The maximum Gasteiger partial charge on any atom is 0.315 e. The van der Waals surface area contributed by atoms with Gasteiger partial charge < -0.3 is 20.1 Å². The molecule has 0 aliphatic heterocycles. The first-order valence-electron chi connectivity index (χ1n) is 8.37. The second-order valence-corrected chi connectivity index (χ2v) is 5.67. The topological polar surface area (TPSA) is 107 Å². The fourth-order valence-corrected chi connectivity index (χ4v) is 2.48. The highest BCUT2D eigenvalue weighted by atomic mass is 16.5. The number of ether oxygens (including phenoxy) is 2. The van der Waals surface area contributed by atoms with Crippen molar-refractivity contribution in [2.45, 2.75) is 6.54 Å². The van der Waals surface area contributed by atoms with Gasteiger partial charge in [-0.05, 0) is 24.3 Å². The molecule has 0 fully saturated rings. The van der Waals surface area contributed by atoms with Crippen molar-refractivity contribution in [3.63, 3.8) is 0 Å². The molecule has 144 valence electrons. The van der Waals surface area contributed by atoms with Crippen molar-refractivity contribution < 1.29 is 19.1 Å². The number of aromatic nitrogens is 3. The van der Waals surface area contributed by atoms with Gasteiger partial charge >= 0.3 is 11.8 Å². The Morgan fingerprint density at radius 1 is 0.964 bits per heavy atom. The van der Waals surface area contributed by atoms with Crippen molar-refractivity contribution in [1.82, 2.24) is 14.8 Å². The maximum absolute atomic E-state index is 12.3. The van der Waals surface area contributed by atoms with E-state index in [1.54, 1.807) is 35.1 Å². The number of carbonyl (C=O) groups excluding carboxylic acids is 2. The van der Waals surface area contributed by atoms with E-state index < -0.39 is 11.8 Å². The zero-order valence-corrected chi connectivity index (χ0v) is 15.4. The van der Waals surface area contributed by atoms with E-state index in [1.807, 2.05) is 18.2 Å². The number of benzene rings is 1. The zero-order chi connectivity index (χ0) is 19.9. The second-order valence-electron chi connectivity index (χ2n) is 5.67. The van der Waals surface area contributed by atoms with Crippen molar-refractivity contribution in [3.05, 3.63) is 60.6 Å². The van der Waals surface area contributed by atoms with Crippen LogP contribution >= 0.6 is 0 Å². The lowest BCUT2D eigenvalue weighted by Crippen LogP contribution is -2.30. The monoisotopic (exact) mass is 381 g/mol. The number of pyridine rings is 1. The lowest BCUT2D eigenvalue weighted by Gasteiger charge is -2.11. The standard InChI is InChI=1S/C19H19N5O4/c1-27-15-7-6-13(11-16(15)28-2)22-18(25)19(26)23-17-8-10-21-24(17)12-14-5-3-4-9-20-14/h3-11H,12H2,1-2H3,(H,22,25)(H,23,26). The van der Waals surface area contributed by atoms with Crippen LogP contribution in [0, 0.1) is 0 Å². The highest BCUT2D eigenvalue weighted by Gasteiger charge is 2.17. The number of nitrogens with one attached hydrogen (secondary N) is 2. The molecule has 2 heterocycles. The molecule has 0 bridgehead atoms. The number of anilines is 2. The minimum absolute atomic E-state index is 0.362. The third kappa shape index (κ3) is 4.44. The predicted octanol–water partition coefficient (Wildman–Crippen LogP) is 1.92. The zero-order valence-electron chi connectivity index (χ0n) is 15.4. The average Bonchev–Trinajstić information content (AvgIpc) is 3.15. The first-order valence-corrected chi connectivity index (χ1v) is 8.37. The van der Waals surface area contributed by atoms with Gasteiger partial charge in [0.05, 0.1) is 32.7 Å². The van der Waals surface area contributed by atoms with E-state index >= 15 is 0 Å². The smallest absolute Gasteiger partial charge is 0.315 e. The first kappa shape index (κ1) is 18.9. The van der Waals surface area contributed by atoms with E-state index in [0.717, 1.165) is 5.69 Å². The summed E-state index contributed by atoms with van der Waals surface area (Å²) in [5.74, 6) is -0.300. The van der Waals surface area contributed by atoms with Crippen molar-refractivity contribution in [2.75, 3.05) is 24.9 Å². The number of rotatable bonds is 6. The molecular weight excluding hydrogens is 362 g/mol. The van der Waals surface area contributed by atoms with Crippen LogP contribution in [0.15, 0.2) is 54.9 Å². The summed E-state index contributed by atoms with van der Waals surface area (Å²) in [6.07, 6.45) is 3.21. The normalized spacial score (nSPS) is 10.2. The van der Waals surface area contributed by atoms with Crippen LogP contribution in [0.1, 0.15) is 5.69 Å².